The molecule has 0 aliphatic carbocycles. The van der Waals surface area contributed by atoms with E-state index in [1.165, 1.54) is 0 Å². The van der Waals surface area contributed by atoms with E-state index in [9.17, 15) is 0 Å². The number of hydrogen-bond donors (Lipinski definition) is 1. The largest absolute Gasteiger partial charge is 0.495 e. The topological polar surface area (TPSA) is 38.5 Å². The van der Waals surface area contributed by atoms with Crippen LogP contribution in [0.2, 0.25) is 0 Å². The van der Waals surface area contributed by atoms with Crippen LogP contribution in [0, 0.1) is 0 Å². The number of nitrogens with zero attached hydrogens (tertiary/aromatic N) is 1. The van der Waals surface area contributed by atoms with Gasteiger partial charge in [-0.05, 0) is 36.4 Å². The van der Waals surface area contributed by atoms with E-state index in [1.807, 2.05) is 55.6 Å². The average Bonchev–Trinajstić information content (AvgIpc) is 2.46. The summed E-state index contributed by atoms with van der Waals surface area (Å²) in [5, 5.41) is 0. The Morgan fingerprint density at radius 3 is 2.32 bits per heavy atom. The first-order valence-corrected chi connectivity index (χ1v) is 6.31. The van der Waals surface area contributed by atoms with Crippen LogP contribution in [0.15, 0.2) is 48.5 Å². The van der Waals surface area contributed by atoms with E-state index in [0.717, 1.165) is 22.7 Å². The smallest absolute Gasteiger partial charge is 0.142 e. The van der Waals surface area contributed by atoms with Crippen LogP contribution in [0.1, 0.15) is 5.56 Å². The Morgan fingerprint density at radius 2 is 1.74 bits per heavy atom. The molecule has 0 radical (unpaired) electrons. The van der Waals surface area contributed by atoms with Crippen molar-refractivity contribution in [3.05, 3.63) is 54.1 Å². The Labute approximate surface area is 118 Å². The molecule has 0 atom stereocenters. The van der Waals surface area contributed by atoms with Crippen molar-refractivity contribution in [3.8, 4) is 5.75 Å². The second-order valence-corrected chi connectivity index (χ2v) is 4.58. The zero-order valence-electron chi connectivity index (χ0n) is 11.0. The molecule has 0 unspecified atom stereocenters. The first-order valence-electron chi connectivity index (χ1n) is 5.90. The standard InChI is InChI=1S/C15H16N2OS/c1-17(13-5-3-4-6-14(13)18-2)12-9-7-11(8-10-12)15(16)19/h3-10H,1-2H3,(H2,16,19). The number of ether oxygens (including phenoxy) is 1. The number of benzene rings is 2. The maximum absolute atomic E-state index is 5.59. The number of hydrogen-bond acceptors (Lipinski definition) is 3. The molecule has 2 N–H and O–H groups in total. The Hall–Kier alpha value is -2.07. The maximum atomic E-state index is 5.59. The van der Waals surface area contributed by atoms with Gasteiger partial charge in [-0.15, -0.1) is 0 Å². The SMILES string of the molecule is COc1ccccc1N(C)c1ccc(C(N)=S)cc1. The molecule has 3 nitrogen and oxygen atoms in total. The van der Waals surface area contributed by atoms with Crippen LogP contribution in [-0.2, 0) is 0 Å². The maximum Gasteiger partial charge on any atom is 0.142 e. The summed E-state index contributed by atoms with van der Waals surface area (Å²) in [5.74, 6) is 0.837. The lowest BCUT2D eigenvalue weighted by molar-refractivity contribution is 0.415. The van der Waals surface area contributed by atoms with Crippen molar-refractivity contribution < 1.29 is 4.74 Å². The van der Waals surface area contributed by atoms with E-state index < -0.39 is 0 Å². The quantitative estimate of drug-likeness (QED) is 0.868. The Kier molecular flexibility index (Phi) is 4.02. The number of anilines is 2. The van der Waals surface area contributed by atoms with Crippen LogP contribution >= 0.6 is 12.2 Å². The number of rotatable bonds is 4. The number of nitrogens with two attached hydrogens (primary N) is 1. The molecule has 2 rings (SSSR count). The highest BCUT2D eigenvalue weighted by molar-refractivity contribution is 7.80. The molecule has 0 saturated heterocycles. The average molecular weight is 272 g/mol. The highest BCUT2D eigenvalue weighted by Gasteiger charge is 2.09. The highest BCUT2D eigenvalue weighted by Crippen LogP contribution is 2.31. The highest BCUT2D eigenvalue weighted by atomic mass is 32.1. The fraction of sp³-hybridized carbons (Fsp3) is 0.133. The summed E-state index contributed by atoms with van der Waals surface area (Å²) >= 11 is 4.95. The van der Waals surface area contributed by atoms with E-state index in [2.05, 4.69) is 4.90 Å². The Balaban J connectivity index is 2.33. The van der Waals surface area contributed by atoms with Gasteiger partial charge < -0.3 is 15.4 Å². The normalized spacial score (nSPS) is 10.0. The summed E-state index contributed by atoms with van der Waals surface area (Å²) < 4.78 is 5.37. The van der Waals surface area contributed by atoms with Crippen molar-refractivity contribution >= 4 is 28.6 Å². The fourth-order valence-corrected chi connectivity index (χ4v) is 2.03. The molecule has 0 aliphatic heterocycles. The second-order valence-electron chi connectivity index (χ2n) is 4.14. The van der Waals surface area contributed by atoms with E-state index in [4.69, 9.17) is 22.7 Å². The van der Waals surface area contributed by atoms with Crippen LogP contribution in [0.5, 0.6) is 5.75 Å². The molecule has 0 aromatic heterocycles. The third kappa shape index (κ3) is 2.85. The van der Waals surface area contributed by atoms with Gasteiger partial charge in [-0.3, -0.25) is 0 Å². The zero-order valence-corrected chi connectivity index (χ0v) is 11.8. The van der Waals surface area contributed by atoms with Crippen molar-refractivity contribution in [1.29, 1.82) is 0 Å². The van der Waals surface area contributed by atoms with E-state index in [1.54, 1.807) is 7.11 Å². The van der Waals surface area contributed by atoms with Gasteiger partial charge in [0.05, 0.1) is 12.8 Å². The molecular weight excluding hydrogens is 256 g/mol. The molecule has 2 aromatic carbocycles. The molecular formula is C15H16N2OS. The third-order valence-electron chi connectivity index (χ3n) is 2.99. The van der Waals surface area contributed by atoms with Crippen molar-refractivity contribution in [3.63, 3.8) is 0 Å². The lowest BCUT2D eigenvalue weighted by atomic mass is 10.2. The van der Waals surface area contributed by atoms with E-state index in [-0.39, 0.29) is 0 Å². The number of para-hydroxylation sites is 2. The lowest BCUT2D eigenvalue weighted by Gasteiger charge is -2.22. The molecule has 2 aromatic rings. The second kappa shape index (κ2) is 5.71. The minimum Gasteiger partial charge on any atom is -0.495 e. The van der Waals surface area contributed by atoms with Gasteiger partial charge in [0.25, 0.3) is 0 Å². The monoisotopic (exact) mass is 272 g/mol. The van der Waals surface area contributed by atoms with Crippen molar-refractivity contribution in [1.82, 2.24) is 0 Å². The van der Waals surface area contributed by atoms with Crippen LogP contribution < -0.4 is 15.4 Å². The first kappa shape index (κ1) is 13.4. The summed E-state index contributed by atoms with van der Waals surface area (Å²) in [6, 6.07) is 15.7. The van der Waals surface area contributed by atoms with Gasteiger partial charge in [0.2, 0.25) is 0 Å². The van der Waals surface area contributed by atoms with Gasteiger partial charge in [-0.2, -0.15) is 0 Å². The van der Waals surface area contributed by atoms with Gasteiger partial charge in [0, 0.05) is 18.3 Å². The van der Waals surface area contributed by atoms with Gasteiger partial charge in [-0.1, -0.05) is 24.4 Å². The van der Waals surface area contributed by atoms with Gasteiger partial charge in [0.15, 0.2) is 0 Å². The summed E-state index contributed by atoms with van der Waals surface area (Å²) in [7, 11) is 3.66. The van der Waals surface area contributed by atoms with Crippen molar-refractivity contribution in [2.45, 2.75) is 0 Å². The van der Waals surface area contributed by atoms with Crippen LogP contribution in [0.4, 0.5) is 11.4 Å². The fourth-order valence-electron chi connectivity index (χ4n) is 1.90. The molecule has 0 amide bonds. The predicted octanol–water partition coefficient (Wildman–Crippen LogP) is 3.10. The lowest BCUT2D eigenvalue weighted by Crippen LogP contribution is -2.12. The first-order chi connectivity index (χ1) is 9.13. The summed E-state index contributed by atoms with van der Waals surface area (Å²) in [5.41, 5.74) is 8.52. The van der Waals surface area contributed by atoms with Gasteiger partial charge >= 0.3 is 0 Å². The molecule has 19 heavy (non-hydrogen) atoms. The summed E-state index contributed by atoms with van der Waals surface area (Å²) in [4.78, 5) is 2.47. The minimum atomic E-state index is 0.409. The number of methoxy groups -OCH3 is 1. The molecule has 98 valence electrons. The molecule has 0 bridgehead atoms. The van der Waals surface area contributed by atoms with Crippen LogP contribution in [0.25, 0.3) is 0 Å². The minimum absolute atomic E-state index is 0.409. The van der Waals surface area contributed by atoms with Gasteiger partial charge in [0.1, 0.15) is 10.7 Å². The molecule has 0 fully saturated rings. The predicted molar refractivity (Wildman–Crippen MR) is 83.4 cm³/mol. The van der Waals surface area contributed by atoms with Crippen molar-refractivity contribution in [2.75, 3.05) is 19.1 Å². The van der Waals surface area contributed by atoms with Crippen LogP contribution in [0.3, 0.4) is 0 Å². The van der Waals surface area contributed by atoms with E-state index in [0.29, 0.717) is 4.99 Å². The Morgan fingerprint density at radius 1 is 1.11 bits per heavy atom. The Bertz CT molecular complexity index is 581. The van der Waals surface area contributed by atoms with Crippen LogP contribution in [-0.4, -0.2) is 19.1 Å². The molecule has 0 heterocycles. The van der Waals surface area contributed by atoms with Crippen molar-refractivity contribution in [2.24, 2.45) is 5.73 Å². The molecule has 0 saturated carbocycles. The number of thiocarbonyl (C=S) groups is 1. The summed E-state index contributed by atoms with van der Waals surface area (Å²) in [6.07, 6.45) is 0. The van der Waals surface area contributed by atoms with E-state index >= 15 is 0 Å². The van der Waals surface area contributed by atoms with Gasteiger partial charge in [-0.25, -0.2) is 0 Å². The summed E-state index contributed by atoms with van der Waals surface area (Å²) in [6.45, 7) is 0. The molecule has 0 aliphatic rings. The third-order valence-corrected chi connectivity index (χ3v) is 3.22. The molecule has 4 heteroatoms. The zero-order chi connectivity index (χ0) is 13.8. The molecule has 0 spiro atoms.